The van der Waals surface area contributed by atoms with Crippen molar-refractivity contribution in [1.29, 1.82) is 0 Å². The average molecular weight is 375 g/mol. The van der Waals surface area contributed by atoms with Crippen molar-refractivity contribution in [1.82, 2.24) is 0 Å². The third kappa shape index (κ3) is 5.82. The van der Waals surface area contributed by atoms with Crippen molar-refractivity contribution in [2.24, 2.45) is 5.41 Å². The van der Waals surface area contributed by atoms with Crippen LogP contribution in [0.2, 0.25) is 0 Å². The Kier molecular flexibility index (Phi) is 7.46. The summed E-state index contributed by atoms with van der Waals surface area (Å²) in [6.45, 7) is 11.3. The molecule has 0 bridgehead atoms. The molecule has 0 unspecified atom stereocenters. The van der Waals surface area contributed by atoms with Crippen LogP contribution in [0, 0.1) is 12.3 Å². The van der Waals surface area contributed by atoms with Gasteiger partial charge in [0.05, 0.1) is 6.61 Å². The zero-order chi connectivity index (χ0) is 20.0. The normalized spacial score (nSPS) is 14.7. The molecule has 0 amide bonds. The Bertz CT molecular complexity index is 688. The standard InChI is InChI=1S/C23H34O4/c1-6-8-21(24)26-11-10-18-16(3)12-17-13-23(4,5)14-19(17)20(18)15-27-22(25)9-7-2/h12H,6-11,13-15H2,1-5H3. The monoisotopic (exact) mass is 374 g/mol. The first-order chi connectivity index (χ1) is 12.8. The lowest BCUT2D eigenvalue weighted by Crippen LogP contribution is -2.13. The van der Waals surface area contributed by atoms with E-state index in [2.05, 4.69) is 26.8 Å². The maximum atomic E-state index is 11.9. The number of hydrogen-bond acceptors (Lipinski definition) is 4. The second-order valence-electron chi connectivity index (χ2n) is 8.44. The number of rotatable bonds is 9. The molecule has 0 N–H and O–H groups in total. The molecule has 0 radical (unpaired) electrons. The third-order valence-corrected chi connectivity index (χ3v) is 5.21. The number of esters is 2. The van der Waals surface area contributed by atoms with Crippen LogP contribution in [0.4, 0.5) is 0 Å². The van der Waals surface area contributed by atoms with Gasteiger partial charge in [-0.25, -0.2) is 0 Å². The van der Waals surface area contributed by atoms with Crippen LogP contribution in [-0.4, -0.2) is 18.5 Å². The lowest BCUT2D eigenvalue weighted by atomic mass is 9.89. The first-order valence-electron chi connectivity index (χ1n) is 10.2. The van der Waals surface area contributed by atoms with Crippen LogP contribution in [0.1, 0.15) is 81.2 Å². The average Bonchev–Trinajstić information content (AvgIpc) is 2.88. The van der Waals surface area contributed by atoms with E-state index in [9.17, 15) is 9.59 Å². The fraction of sp³-hybridized carbons (Fsp3) is 0.652. The number of carbonyl (C=O) groups excluding carboxylic acids is 2. The van der Waals surface area contributed by atoms with E-state index in [4.69, 9.17) is 9.47 Å². The van der Waals surface area contributed by atoms with Crippen molar-refractivity contribution in [3.8, 4) is 0 Å². The van der Waals surface area contributed by atoms with Gasteiger partial charge in [-0.05, 0) is 65.8 Å². The minimum absolute atomic E-state index is 0.145. The number of fused-ring (bicyclic) bond motifs is 1. The van der Waals surface area contributed by atoms with Gasteiger partial charge in [0.2, 0.25) is 0 Å². The van der Waals surface area contributed by atoms with Gasteiger partial charge in [-0.2, -0.15) is 0 Å². The zero-order valence-electron chi connectivity index (χ0n) is 17.6. The Hall–Kier alpha value is -1.84. The molecular weight excluding hydrogens is 340 g/mol. The summed E-state index contributed by atoms with van der Waals surface area (Å²) < 4.78 is 11.0. The summed E-state index contributed by atoms with van der Waals surface area (Å²) in [5.74, 6) is -0.293. The predicted octanol–water partition coefficient (Wildman–Crippen LogP) is 4.85. The van der Waals surface area contributed by atoms with E-state index < -0.39 is 0 Å². The smallest absolute Gasteiger partial charge is 0.306 e. The van der Waals surface area contributed by atoms with E-state index >= 15 is 0 Å². The maximum absolute atomic E-state index is 11.9. The highest BCUT2D eigenvalue weighted by molar-refractivity contribution is 5.69. The van der Waals surface area contributed by atoms with E-state index in [1.54, 1.807) is 0 Å². The molecule has 4 nitrogen and oxygen atoms in total. The summed E-state index contributed by atoms with van der Waals surface area (Å²) in [5, 5.41) is 0. The van der Waals surface area contributed by atoms with E-state index in [1.807, 2.05) is 13.8 Å². The van der Waals surface area contributed by atoms with Crippen LogP contribution < -0.4 is 0 Å². The molecule has 0 fully saturated rings. The van der Waals surface area contributed by atoms with Crippen molar-refractivity contribution < 1.29 is 19.1 Å². The third-order valence-electron chi connectivity index (χ3n) is 5.21. The molecule has 0 aromatic heterocycles. The lowest BCUT2D eigenvalue weighted by Gasteiger charge is -2.19. The summed E-state index contributed by atoms with van der Waals surface area (Å²) in [6.07, 6.45) is 5.19. The number of hydrogen-bond donors (Lipinski definition) is 0. The van der Waals surface area contributed by atoms with Crippen LogP contribution in [0.15, 0.2) is 6.07 Å². The van der Waals surface area contributed by atoms with Crippen molar-refractivity contribution >= 4 is 11.9 Å². The molecule has 0 saturated carbocycles. The second kappa shape index (κ2) is 9.38. The van der Waals surface area contributed by atoms with E-state index in [0.717, 1.165) is 31.2 Å². The summed E-state index contributed by atoms with van der Waals surface area (Å²) in [7, 11) is 0. The van der Waals surface area contributed by atoms with Crippen molar-refractivity contribution in [3.05, 3.63) is 33.9 Å². The zero-order valence-corrected chi connectivity index (χ0v) is 17.6. The molecule has 1 aromatic rings. The minimum Gasteiger partial charge on any atom is -0.465 e. The molecule has 27 heavy (non-hydrogen) atoms. The SMILES string of the molecule is CCCC(=O)OCCc1c(C)cc2c(c1COC(=O)CCC)CC(C)(C)C2. The van der Waals surface area contributed by atoms with Crippen molar-refractivity contribution in [2.75, 3.05) is 6.61 Å². The highest BCUT2D eigenvalue weighted by atomic mass is 16.5. The fourth-order valence-corrected chi connectivity index (χ4v) is 3.98. The molecule has 4 heteroatoms. The highest BCUT2D eigenvalue weighted by Gasteiger charge is 2.32. The number of carbonyl (C=O) groups is 2. The molecular formula is C23H34O4. The highest BCUT2D eigenvalue weighted by Crippen LogP contribution is 2.40. The molecule has 0 atom stereocenters. The van der Waals surface area contributed by atoms with Gasteiger partial charge in [0.25, 0.3) is 0 Å². The molecule has 1 aromatic carbocycles. The molecule has 1 aliphatic carbocycles. The minimum atomic E-state index is -0.148. The maximum Gasteiger partial charge on any atom is 0.306 e. The Morgan fingerprint density at radius 1 is 1.00 bits per heavy atom. The van der Waals surface area contributed by atoms with Crippen LogP contribution in [0.25, 0.3) is 0 Å². The largest absolute Gasteiger partial charge is 0.465 e. The van der Waals surface area contributed by atoms with Crippen LogP contribution in [0.3, 0.4) is 0 Å². The van der Waals surface area contributed by atoms with Crippen molar-refractivity contribution in [2.45, 2.75) is 86.2 Å². The molecule has 0 spiro atoms. The first kappa shape index (κ1) is 21.5. The molecule has 0 aliphatic heterocycles. The van der Waals surface area contributed by atoms with Crippen LogP contribution in [0.5, 0.6) is 0 Å². The number of ether oxygens (including phenoxy) is 2. The van der Waals surface area contributed by atoms with E-state index in [0.29, 0.717) is 32.5 Å². The summed E-state index contributed by atoms with van der Waals surface area (Å²) >= 11 is 0. The van der Waals surface area contributed by atoms with Gasteiger partial charge in [0.1, 0.15) is 6.61 Å². The lowest BCUT2D eigenvalue weighted by molar-refractivity contribution is -0.145. The predicted molar refractivity (Wildman–Crippen MR) is 107 cm³/mol. The topological polar surface area (TPSA) is 52.6 Å². The quantitative estimate of drug-likeness (QED) is 0.580. The van der Waals surface area contributed by atoms with Gasteiger partial charge < -0.3 is 9.47 Å². The van der Waals surface area contributed by atoms with Gasteiger partial charge in [-0.1, -0.05) is 33.8 Å². The van der Waals surface area contributed by atoms with Gasteiger partial charge in [-0.15, -0.1) is 0 Å². The Morgan fingerprint density at radius 2 is 1.63 bits per heavy atom. The molecule has 1 aliphatic rings. The van der Waals surface area contributed by atoms with E-state index in [-0.39, 0.29) is 17.4 Å². The summed E-state index contributed by atoms with van der Waals surface area (Å²) in [5.41, 5.74) is 6.41. The summed E-state index contributed by atoms with van der Waals surface area (Å²) in [6, 6.07) is 2.27. The fourth-order valence-electron chi connectivity index (χ4n) is 3.98. The molecule has 0 heterocycles. The number of benzene rings is 1. The van der Waals surface area contributed by atoms with E-state index in [1.165, 1.54) is 22.3 Å². The van der Waals surface area contributed by atoms with Gasteiger partial charge in [0, 0.05) is 19.3 Å². The molecule has 2 rings (SSSR count). The number of aryl methyl sites for hydroxylation is 1. The molecule has 150 valence electrons. The second-order valence-corrected chi connectivity index (χ2v) is 8.44. The van der Waals surface area contributed by atoms with Crippen molar-refractivity contribution in [3.63, 3.8) is 0 Å². The summed E-state index contributed by atoms with van der Waals surface area (Å²) in [4.78, 5) is 23.6. The Balaban J connectivity index is 2.23. The first-order valence-corrected chi connectivity index (χ1v) is 10.2. The Labute approximate surface area is 163 Å². The molecule has 0 saturated heterocycles. The van der Waals surface area contributed by atoms with Gasteiger partial charge in [-0.3, -0.25) is 9.59 Å². The van der Waals surface area contributed by atoms with Crippen LogP contribution >= 0.6 is 0 Å². The Morgan fingerprint density at radius 3 is 2.26 bits per heavy atom. The van der Waals surface area contributed by atoms with Gasteiger partial charge >= 0.3 is 11.9 Å². The van der Waals surface area contributed by atoms with Crippen LogP contribution in [-0.2, 0) is 44.9 Å². The van der Waals surface area contributed by atoms with Gasteiger partial charge in [0.15, 0.2) is 0 Å².